The zero-order valence-corrected chi connectivity index (χ0v) is 13.3. The molecule has 2 rings (SSSR count). The van der Waals surface area contributed by atoms with Crippen LogP contribution in [0.15, 0.2) is 23.1 Å². The molecule has 0 aromatic carbocycles. The predicted octanol–water partition coefficient (Wildman–Crippen LogP) is 2.44. The van der Waals surface area contributed by atoms with E-state index in [0.717, 1.165) is 17.9 Å². The molecule has 20 heavy (non-hydrogen) atoms. The van der Waals surface area contributed by atoms with Gasteiger partial charge in [0.15, 0.2) is 0 Å². The van der Waals surface area contributed by atoms with Crippen LogP contribution in [0.1, 0.15) is 20.3 Å². The number of aromatic nitrogens is 1. The van der Waals surface area contributed by atoms with Crippen molar-refractivity contribution in [3.05, 3.63) is 28.7 Å². The van der Waals surface area contributed by atoms with E-state index in [0.29, 0.717) is 24.6 Å². The Kier molecular flexibility index (Phi) is 5.16. The van der Waals surface area contributed by atoms with Crippen LogP contribution < -0.4 is 10.9 Å². The summed E-state index contributed by atoms with van der Waals surface area (Å²) >= 11 is 2.00. The van der Waals surface area contributed by atoms with E-state index in [9.17, 15) is 4.79 Å². The van der Waals surface area contributed by atoms with Gasteiger partial charge in [-0.1, -0.05) is 13.8 Å². The molecule has 0 saturated carbocycles. The first-order chi connectivity index (χ1) is 9.50. The molecule has 4 nitrogen and oxygen atoms in total. The van der Waals surface area contributed by atoms with Crippen molar-refractivity contribution >= 4 is 17.4 Å². The summed E-state index contributed by atoms with van der Waals surface area (Å²) in [6.07, 6.45) is 3.06. The fourth-order valence-corrected chi connectivity index (χ4v) is 3.85. The van der Waals surface area contributed by atoms with E-state index in [1.165, 1.54) is 5.75 Å². The number of nitrogens with zero attached hydrogens (tertiary/aromatic N) is 1. The second-order valence-corrected chi connectivity index (χ2v) is 7.20. The third kappa shape index (κ3) is 4.28. The third-order valence-electron chi connectivity index (χ3n) is 3.50. The van der Waals surface area contributed by atoms with Crippen molar-refractivity contribution in [3.63, 3.8) is 0 Å². The molecule has 1 aromatic heterocycles. The average Bonchev–Trinajstić information content (AvgIpc) is 2.38. The molecule has 0 amide bonds. The van der Waals surface area contributed by atoms with E-state index in [4.69, 9.17) is 4.74 Å². The van der Waals surface area contributed by atoms with Gasteiger partial charge in [-0.15, -0.1) is 0 Å². The number of nitrogens with one attached hydrogen (secondary N) is 1. The zero-order chi connectivity index (χ0) is 14.6. The second kappa shape index (κ2) is 6.68. The second-order valence-electron chi connectivity index (χ2n) is 6.17. The Hall–Kier alpha value is -0.940. The first-order valence-electron chi connectivity index (χ1n) is 7.04. The van der Waals surface area contributed by atoms with Gasteiger partial charge in [0.1, 0.15) is 0 Å². The molecule has 1 unspecified atom stereocenters. The van der Waals surface area contributed by atoms with Crippen molar-refractivity contribution in [2.24, 2.45) is 5.41 Å². The maximum Gasteiger partial charge on any atom is 0.250 e. The van der Waals surface area contributed by atoms with Crippen LogP contribution in [0.25, 0.3) is 0 Å². The van der Waals surface area contributed by atoms with Gasteiger partial charge in [0.25, 0.3) is 5.56 Å². The van der Waals surface area contributed by atoms with Gasteiger partial charge < -0.3 is 14.6 Å². The Morgan fingerprint density at radius 1 is 1.50 bits per heavy atom. The smallest absolute Gasteiger partial charge is 0.250 e. The van der Waals surface area contributed by atoms with Crippen LogP contribution in [0.2, 0.25) is 0 Å². The summed E-state index contributed by atoms with van der Waals surface area (Å²) in [7, 11) is 1.65. The summed E-state index contributed by atoms with van der Waals surface area (Å²) in [6, 6.07) is 3.97. The highest BCUT2D eigenvalue weighted by Gasteiger charge is 2.28. The lowest BCUT2D eigenvalue weighted by Gasteiger charge is -2.35. The summed E-state index contributed by atoms with van der Waals surface area (Å²) in [4.78, 5) is 11.7. The highest BCUT2D eigenvalue weighted by atomic mass is 32.2. The first kappa shape index (κ1) is 15.4. The predicted molar refractivity (Wildman–Crippen MR) is 85.7 cm³/mol. The number of methoxy groups -OCH3 is 1. The summed E-state index contributed by atoms with van der Waals surface area (Å²) in [5.74, 6) is 2.35. The number of hydrogen-bond donors (Lipinski definition) is 1. The molecule has 0 bridgehead atoms. The molecule has 1 atom stereocenters. The summed E-state index contributed by atoms with van der Waals surface area (Å²) in [5.41, 5.74) is 1.42. The van der Waals surface area contributed by atoms with E-state index >= 15 is 0 Å². The molecule has 1 aliphatic heterocycles. The van der Waals surface area contributed by atoms with Crippen LogP contribution >= 0.6 is 11.8 Å². The summed E-state index contributed by atoms with van der Waals surface area (Å²) in [6.45, 7) is 5.77. The molecule has 2 heterocycles. The molecule has 1 N–H and O–H groups in total. The van der Waals surface area contributed by atoms with Gasteiger partial charge in [0, 0.05) is 37.7 Å². The van der Waals surface area contributed by atoms with Crippen molar-refractivity contribution in [2.45, 2.75) is 32.9 Å². The average molecular weight is 296 g/mol. The number of rotatable bonds is 5. The largest absolute Gasteiger partial charge is 0.383 e. The van der Waals surface area contributed by atoms with Gasteiger partial charge in [0.05, 0.1) is 12.3 Å². The highest BCUT2D eigenvalue weighted by Crippen LogP contribution is 2.34. The first-order valence-corrected chi connectivity index (χ1v) is 8.19. The topological polar surface area (TPSA) is 43.3 Å². The fourth-order valence-electron chi connectivity index (χ4n) is 2.57. The molecule has 0 spiro atoms. The summed E-state index contributed by atoms with van der Waals surface area (Å²) < 4.78 is 6.74. The van der Waals surface area contributed by atoms with Crippen LogP contribution in [-0.2, 0) is 11.3 Å². The van der Waals surface area contributed by atoms with Crippen LogP contribution in [0.5, 0.6) is 0 Å². The van der Waals surface area contributed by atoms with Crippen LogP contribution in [0, 0.1) is 5.41 Å². The van der Waals surface area contributed by atoms with E-state index in [1.54, 1.807) is 17.7 Å². The number of hydrogen-bond acceptors (Lipinski definition) is 4. The number of ether oxygens (including phenoxy) is 1. The lowest BCUT2D eigenvalue weighted by Crippen LogP contribution is -2.35. The molecule has 1 saturated heterocycles. The number of thioether (sulfide) groups is 1. The third-order valence-corrected chi connectivity index (χ3v) is 5.13. The summed E-state index contributed by atoms with van der Waals surface area (Å²) in [5, 5.41) is 3.56. The van der Waals surface area contributed by atoms with Gasteiger partial charge in [-0.2, -0.15) is 11.8 Å². The molecule has 0 aliphatic carbocycles. The molecule has 112 valence electrons. The van der Waals surface area contributed by atoms with Gasteiger partial charge in [-0.25, -0.2) is 0 Å². The molecule has 1 fully saturated rings. The van der Waals surface area contributed by atoms with Gasteiger partial charge in [-0.3, -0.25) is 4.79 Å². The maximum atomic E-state index is 11.7. The number of pyridine rings is 1. The minimum absolute atomic E-state index is 0.0194. The van der Waals surface area contributed by atoms with Crippen LogP contribution in [0.3, 0.4) is 0 Å². The normalized spacial score (nSPS) is 21.6. The molecule has 5 heteroatoms. The molecular weight excluding hydrogens is 272 g/mol. The van der Waals surface area contributed by atoms with Crippen molar-refractivity contribution in [2.75, 3.05) is 30.5 Å². The van der Waals surface area contributed by atoms with E-state index < -0.39 is 0 Å². The van der Waals surface area contributed by atoms with Crippen LogP contribution in [-0.4, -0.2) is 35.8 Å². The minimum Gasteiger partial charge on any atom is -0.383 e. The Bertz CT molecular complexity index is 499. The van der Waals surface area contributed by atoms with Gasteiger partial charge in [-0.05, 0) is 23.7 Å². The monoisotopic (exact) mass is 296 g/mol. The lowest BCUT2D eigenvalue weighted by atomic mass is 9.88. The molecule has 0 radical (unpaired) electrons. The van der Waals surface area contributed by atoms with E-state index in [2.05, 4.69) is 19.2 Å². The van der Waals surface area contributed by atoms with E-state index in [-0.39, 0.29) is 5.56 Å². The molecule has 1 aliphatic rings. The number of anilines is 1. The van der Waals surface area contributed by atoms with Gasteiger partial charge in [0.2, 0.25) is 0 Å². The Balaban J connectivity index is 2.04. The standard InChI is InChI=1S/C15H24N2O2S/c1-15(2)8-13(10-20-11-15)16-12-4-5-14(18)17(9-12)6-7-19-3/h4-5,9,13,16H,6-8,10-11H2,1-3H3. The SMILES string of the molecule is COCCn1cc(NC2CSCC(C)(C)C2)ccc1=O. The van der Waals surface area contributed by atoms with Gasteiger partial charge >= 0.3 is 0 Å². The van der Waals surface area contributed by atoms with Crippen molar-refractivity contribution in [1.82, 2.24) is 4.57 Å². The molecular formula is C15H24N2O2S. The van der Waals surface area contributed by atoms with Crippen molar-refractivity contribution in [1.29, 1.82) is 0 Å². The Morgan fingerprint density at radius 2 is 2.30 bits per heavy atom. The molecule has 1 aromatic rings. The van der Waals surface area contributed by atoms with Crippen molar-refractivity contribution in [3.8, 4) is 0 Å². The Labute approximate surface area is 124 Å². The highest BCUT2D eigenvalue weighted by molar-refractivity contribution is 7.99. The van der Waals surface area contributed by atoms with Crippen LogP contribution in [0.4, 0.5) is 5.69 Å². The lowest BCUT2D eigenvalue weighted by molar-refractivity contribution is 0.186. The van der Waals surface area contributed by atoms with Crippen molar-refractivity contribution < 1.29 is 4.74 Å². The quantitative estimate of drug-likeness (QED) is 0.906. The fraction of sp³-hybridized carbons (Fsp3) is 0.667. The zero-order valence-electron chi connectivity index (χ0n) is 12.5. The Morgan fingerprint density at radius 3 is 3.00 bits per heavy atom. The minimum atomic E-state index is 0.0194. The maximum absolute atomic E-state index is 11.7. The van der Waals surface area contributed by atoms with E-state index in [1.807, 2.05) is 24.0 Å².